The highest BCUT2D eigenvalue weighted by atomic mass is 79.9. The molecule has 0 aromatic heterocycles. The van der Waals surface area contributed by atoms with Gasteiger partial charge in [0.1, 0.15) is 12.6 Å². The minimum absolute atomic E-state index is 0.157. The van der Waals surface area contributed by atoms with E-state index in [1.165, 1.54) is 6.92 Å². The maximum absolute atomic E-state index is 11.7. The van der Waals surface area contributed by atoms with Crippen LogP contribution in [0.4, 0.5) is 0 Å². The van der Waals surface area contributed by atoms with Gasteiger partial charge in [-0.25, -0.2) is 4.79 Å². The normalized spacial score (nSPS) is 11.7. The average Bonchev–Trinajstić information content (AvgIpc) is 2.34. The number of rotatable bonds is 5. The largest absolute Gasteiger partial charge is 0.459 e. The van der Waals surface area contributed by atoms with E-state index in [-0.39, 0.29) is 18.3 Å². The van der Waals surface area contributed by atoms with Crippen LogP contribution in [0.15, 0.2) is 28.7 Å². The summed E-state index contributed by atoms with van der Waals surface area (Å²) >= 11 is 7.37. The van der Waals surface area contributed by atoms with Gasteiger partial charge in [0.2, 0.25) is 5.91 Å². The van der Waals surface area contributed by atoms with Crippen LogP contribution in [0.25, 0.3) is 0 Å². The number of halogens is 1. The summed E-state index contributed by atoms with van der Waals surface area (Å²) in [6.45, 7) is 1.50. The fourth-order valence-electron chi connectivity index (χ4n) is 1.29. The first-order valence-corrected chi connectivity index (χ1v) is 6.75. The molecule has 1 unspecified atom stereocenters. The first-order valence-electron chi connectivity index (χ1n) is 5.32. The summed E-state index contributed by atoms with van der Waals surface area (Å²) in [6.07, 6.45) is 0. The maximum Gasteiger partial charge on any atom is 0.329 e. The Kier molecular flexibility index (Phi) is 6.21. The minimum Gasteiger partial charge on any atom is -0.459 e. The predicted molar refractivity (Wildman–Crippen MR) is 75.4 cm³/mol. The number of esters is 1. The van der Waals surface area contributed by atoms with E-state index in [4.69, 9.17) is 4.74 Å². The highest BCUT2D eigenvalue weighted by Gasteiger charge is 2.19. The van der Waals surface area contributed by atoms with Gasteiger partial charge in [0.05, 0.1) is 0 Å². The molecule has 0 bridgehead atoms. The summed E-state index contributed by atoms with van der Waals surface area (Å²) in [5.74, 6) is -0.572. The number of hydrogen-bond acceptors (Lipinski definition) is 4. The molecule has 0 heterocycles. The van der Waals surface area contributed by atoms with Crippen LogP contribution in [0.1, 0.15) is 12.5 Å². The molecule has 1 aromatic carbocycles. The molecule has 1 aromatic rings. The minimum atomic E-state index is -0.715. The fraction of sp³-hybridized carbons (Fsp3) is 0.333. The number of amides is 1. The molecule has 4 nitrogen and oxygen atoms in total. The Morgan fingerprint density at radius 3 is 2.67 bits per heavy atom. The molecule has 0 saturated heterocycles. The van der Waals surface area contributed by atoms with Crippen molar-refractivity contribution in [2.75, 3.05) is 5.75 Å². The van der Waals surface area contributed by atoms with Crippen LogP contribution in [-0.4, -0.2) is 23.7 Å². The lowest BCUT2D eigenvalue weighted by atomic mass is 10.2. The van der Waals surface area contributed by atoms with Crippen molar-refractivity contribution < 1.29 is 14.3 Å². The lowest BCUT2D eigenvalue weighted by Crippen LogP contribution is -2.42. The van der Waals surface area contributed by atoms with E-state index in [1.807, 2.05) is 24.3 Å². The zero-order valence-corrected chi connectivity index (χ0v) is 12.3. The third-order valence-corrected chi connectivity index (χ3v) is 3.31. The molecule has 98 valence electrons. The number of benzene rings is 1. The third-order valence-electron chi connectivity index (χ3n) is 2.17. The van der Waals surface area contributed by atoms with Crippen LogP contribution in [0.5, 0.6) is 0 Å². The molecular formula is C12H14BrNO3S. The molecule has 1 N–H and O–H groups in total. The van der Waals surface area contributed by atoms with Gasteiger partial charge in [-0.05, 0) is 6.07 Å². The van der Waals surface area contributed by atoms with Gasteiger partial charge in [0.15, 0.2) is 0 Å². The summed E-state index contributed by atoms with van der Waals surface area (Å²) in [5.41, 5.74) is 0.867. The van der Waals surface area contributed by atoms with Crippen molar-refractivity contribution in [1.29, 1.82) is 0 Å². The average molecular weight is 332 g/mol. The van der Waals surface area contributed by atoms with Crippen molar-refractivity contribution in [1.82, 2.24) is 5.32 Å². The van der Waals surface area contributed by atoms with E-state index < -0.39 is 12.0 Å². The SMILES string of the molecule is CC(=O)NC(CS)C(=O)OCc1ccccc1Br. The number of hydrogen-bond donors (Lipinski definition) is 2. The van der Waals surface area contributed by atoms with Gasteiger partial charge < -0.3 is 10.1 Å². The number of thiol groups is 1. The molecule has 0 spiro atoms. The Morgan fingerprint density at radius 2 is 2.11 bits per heavy atom. The van der Waals surface area contributed by atoms with Crippen molar-refractivity contribution >= 4 is 40.4 Å². The Bertz CT molecular complexity index is 439. The van der Waals surface area contributed by atoms with E-state index in [0.29, 0.717) is 0 Å². The molecule has 1 amide bonds. The fourth-order valence-corrected chi connectivity index (χ4v) is 1.93. The van der Waals surface area contributed by atoms with E-state index in [2.05, 4.69) is 33.9 Å². The number of carbonyl (C=O) groups excluding carboxylic acids is 2. The second kappa shape index (κ2) is 7.43. The molecule has 0 saturated carbocycles. The van der Waals surface area contributed by atoms with E-state index in [9.17, 15) is 9.59 Å². The standard InChI is InChI=1S/C12H14BrNO3S/c1-8(15)14-11(7-18)12(16)17-6-9-4-2-3-5-10(9)13/h2-5,11,18H,6-7H2,1H3,(H,14,15). The Hall–Kier alpha value is -1.01. The van der Waals surface area contributed by atoms with Crippen molar-refractivity contribution in [3.63, 3.8) is 0 Å². The lowest BCUT2D eigenvalue weighted by Gasteiger charge is -2.14. The predicted octanol–water partition coefficient (Wildman–Crippen LogP) is 1.93. The molecule has 1 atom stereocenters. The van der Waals surface area contributed by atoms with E-state index in [0.717, 1.165) is 10.0 Å². The summed E-state index contributed by atoms with van der Waals surface area (Å²) in [5, 5.41) is 2.48. The van der Waals surface area contributed by atoms with Crippen molar-refractivity contribution in [3.05, 3.63) is 34.3 Å². The molecule has 0 aliphatic heterocycles. The summed E-state index contributed by atoms with van der Waals surface area (Å²) in [6, 6.07) is 6.74. The smallest absolute Gasteiger partial charge is 0.329 e. The zero-order chi connectivity index (χ0) is 13.5. The van der Waals surface area contributed by atoms with Crippen molar-refractivity contribution in [3.8, 4) is 0 Å². The van der Waals surface area contributed by atoms with Gasteiger partial charge in [0, 0.05) is 22.7 Å². The number of nitrogens with one attached hydrogen (secondary N) is 1. The molecule has 6 heteroatoms. The van der Waals surface area contributed by atoms with Gasteiger partial charge >= 0.3 is 5.97 Å². The first-order chi connectivity index (χ1) is 8.54. The van der Waals surface area contributed by atoms with Crippen LogP contribution < -0.4 is 5.32 Å². The van der Waals surface area contributed by atoms with Crippen molar-refractivity contribution in [2.24, 2.45) is 0 Å². The van der Waals surface area contributed by atoms with Crippen LogP contribution in [0.3, 0.4) is 0 Å². The Labute approximate surface area is 120 Å². The summed E-state index contributed by atoms with van der Waals surface area (Å²) in [4.78, 5) is 22.6. The Morgan fingerprint density at radius 1 is 1.44 bits per heavy atom. The second-order valence-electron chi connectivity index (χ2n) is 3.63. The van der Waals surface area contributed by atoms with Gasteiger partial charge in [-0.2, -0.15) is 12.6 Å². The van der Waals surface area contributed by atoms with E-state index in [1.54, 1.807) is 0 Å². The van der Waals surface area contributed by atoms with Gasteiger partial charge in [-0.3, -0.25) is 4.79 Å². The zero-order valence-electron chi connectivity index (χ0n) is 9.85. The van der Waals surface area contributed by atoms with Crippen LogP contribution in [0.2, 0.25) is 0 Å². The molecule has 0 radical (unpaired) electrons. The molecule has 0 aliphatic carbocycles. The molecule has 18 heavy (non-hydrogen) atoms. The Balaban J connectivity index is 2.54. The summed E-state index contributed by atoms with van der Waals surface area (Å²) < 4.78 is 6.01. The van der Waals surface area contributed by atoms with Gasteiger partial charge in [-0.1, -0.05) is 34.1 Å². The second-order valence-corrected chi connectivity index (χ2v) is 4.85. The van der Waals surface area contributed by atoms with Gasteiger partial charge in [-0.15, -0.1) is 0 Å². The lowest BCUT2D eigenvalue weighted by molar-refractivity contribution is -0.148. The summed E-state index contributed by atoms with van der Waals surface area (Å²) in [7, 11) is 0. The molecule has 0 fully saturated rings. The van der Waals surface area contributed by atoms with Crippen LogP contribution >= 0.6 is 28.6 Å². The van der Waals surface area contributed by atoms with Gasteiger partial charge in [0.25, 0.3) is 0 Å². The molecule has 1 rings (SSSR count). The highest BCUT2D eigenvalue weighted by Crippen LogP contribution is 2.16. The highest BCUT2D eigenvalue weighted by molar-refractivity contribution is 9.10. The molecular weight excluding hydrogens is 318 g/mol. The van der Waals surface area contributed by atoms with Crippen LogP contribution in [-0.2, 0) is 20.9 Å². The first kappa shape index (κ1) is 15.0. The van der Waals surface area contributed by atoms with Crippen molar-refractivity contribution in [2.45, 2.75) is 19.6 Å². The molecule has 0 aliphatic rings. The number of carbonyl (C=O) groups is 2. The quantitative estimate of drug-likeness (QED) is 0.640. The topological polar surface area (TPSA) is 55.4 Å². The third kappa shape index (κ3) is 4.70. The van der Waals surface area contributed by atoms with Crippen LogP contribution in [0, 0.1) is 0 Å². The van der Waals surface area contributed by atoms with E-state index >= 15 is 0 Å². The maximum atomic E-state index is 11.7. The number of ether oxygens (including phenoxy) is 1. The monoisotopic (exact) mass is 331 g/mol.